The van der Waals surface area contributed by atoms with E-state index < -0.39 is 35.6 Å². The van der Waals surface area contributed by atoms with Crippen LogP contribution in [0.5, 0.6) is 0 Å². The highest BCUT2D eigenvalue weighted by Gasteiger charge is 2.63. The zero-order valence-electron chi connectivity index (χ0n) is 17.2. The van der Waals surface area contributed by atoms with Crippen molar-refractivity contribution in [2.75, 3.05) is 25.2 Å². The maximum Gasteiger partial charge on any atom is 0.235 e. The molecule has 6 nitrogen and oxygen atoms in total. The number of ketones is 1. The molecule has 2 aromatic carbocycles. The number of methoxy groups -OCH3 is 1. The van der Waals surface area contributed by atoms with Crippen LogP contribution in [0.15, 0.2) is 48.5 Å². The van der Waals surface area contributed by atoms with Gasteiger partial charge in [0, 0.05) is 23.9 Å². The van der Waals surface area contributed by atoms with E-state index in [9.17, 15) is 18.8 Å². The van der Waals surface area contributed by atoms with E-state index in [-0.39, 0.29) is 35.4 Å². The van der Waals surface area contributed by atoms with Gasteiger partial charge in [-0.3, -0.25) is 19.3 Å². The zero-order valence-corrected chi connectivity index (χ0v) is 18.0. The van der Waals surface area contributed by atoms with Crippen LogP contribution in [0.25, 0.3) is 6.08 Å². The summed E-state index contributed by atoms with van der Waals surface area (Å²) in [4.78, 5) is 43.5. The summed E-state index contributed by atoms with van der Waals surface area (Å²) in [7, 11) is 1.50. The number of Topliss-reactive ketones (excluding diaryl/α,β-unsaturated/α-hetero) is 1. The van der Waals surface area contributed by atoms with Crippen LogP contribution in [0.4, 0.5) is 10.1 Å². The van der Waals surface area contributed by atoms with Gasteiger partial charge in [-0.25, -0.2) is 4.39 Å². The fraction of sp³-hybridized carbons (Fsp3) is 0.292. The molecule has 0 radical (unpaired) electrons. The Kier molecular flexibility index (Phi) is 5.10. The Morgan fingerprint density at radius 2 is 1.88 bits per heavy atom. The fourth-order valence-corrected chi connectivity index (χ4v) is 5.36. The first-order chi connectivity index (χ1) is 15.4. The van der Waals surface area contributed by atoms with E-state index in [1.54, 1.807) is 47.4 Å². The lowest BCUT2D eigenvalue weighted by molar-refractivity contribution is -0.141. The molecule has 0 unspecified atom stereocenters. The number of halogens is 2. The lowest BCUT2D eigenvalue weighted by Gasteiger charge is -2.36. The highest BCUT2D eigenvalue weighted by atomic mass is 35.5. The quantitative estimate of drug-likeness (QED) is 0.512. The minimum atomic E-state index is -0.942. The minimum absolute atomic E-state index is 0.131. The van der Waals surface area contributed by atoms with Crippen molar-refractivity contribution in [1.82, 2.24) is 4.90 Å². The van der Waals surface area contributed by atoms with E-state index in [2.05, 4.69) is 0 Å². The molecule has 4 atom stereocenters. The third-order valence-electron chi connectivity index (χ3n) is 6.49. The number of fused-ring (bicyclic) bond motifs is 5. The van der Waals surface area contributed by atoms with Crippen LogP contribution >= 0.6 is 11.6 Å². The normalized spacial score (nSPS) is 25.7. The average molecular weight is 455 g/mol. The molecule has 2 aromatic rings. The second-order valence-corrected chi connectivity index (χ2v) is 8.53. The molecular formula is C24H20ClFN2O4. The Bertz CT molecular complexity index is 1170. The van der Waals surface area contributed by atoms with Crippen molar-refractivity contribution in [3.05, 3.63) is 70.5 Å². The van der Waals surface area contributed by atoms with Crippen LogP contribution < -0.4 is 4.90 Å². The number of imide groups is 1. The average Bonchev–Trinajstić information content (AvgIpc) is 3.25. The Morgan fingerprint density at radius 1 is 1.12 bits per heavy atom. The van der Waals surface area contributed by atoms with E-state index in [1.807, 2.05) is 0 Å². The van der Waals surface area contributed by atoms with Gasteiger partial charge >= 0.3 is 0 Å². The smallest absolute Gasteiger partial charge is 0.235 e. The predicted octanol–water partition coefficient (Wildman–Crippen LogP) is 3.19. The van der Waals surface area contributed by atoms with Gasteiger partial charge < -0.3 is 9.64 Å². The molecule has 5 rings (SSSR count). The van der Waals surface area contributed by atoms with Crippen LogP contribution in [0.3, 0.4) is 0 Å². The van der Waals surface area contributed by atoms with Crippen LogP contribution in [0, 0.1) is 17.7 Å². The maximum atomic E-state index is 13.9. The van der Waals surface area contributed by atoms with Gasteiger partial charge in [0.1, 0.15) is 11.9 Å². The summed E-state index contributed by atoms with van der Waals surface area (Å²) in [6, 6.07) is 9.49. The highest BCUT2D eigenvalue weighted by Crippen LogP contribution is 2.49. The van der Waals surface area contributed by atoms with E-state index in [1.165, 1.54) is 24.1 Å². The van der Waals surface area contributed by atoms with Crippen LogP contribution in [-0.2, 0) is 14.3 Å². The SMILES string of the molecule is COCCN1C(=O)[C@@H]2[C@H](C1=O)[C@H]1C=Cc3cc(F)ccc3N1[C@@H]2C(=O)c1ccccc1Cl. The monoisotopic (exact) mass is 454 g/mol. The van der Waals surface area contributed by atoms with Gasteiger partial charge in [-0.15, -0.1) is 0 Å². The zero-order chi connectivity index (χ0) is 22.6. The van der Waals surface area contributed by atoms with E-state index in [0.29, 0.717) is 11.3 Å². The number of likely N-dealkylation sites (tertiary alicyclic amines) is 1. The van der Waals surface area contributed by atoms with Gasteiger partial charge in [-0.05, 0) is 30.3 Å². The summed E-state index contributed by atoms with van der Waals surface area (Å²) in [6.07, 6.45) is 3.53. The van der Waals surface area contributed by atoms with E-state index in [0.717, 1.165) is 0 Å². The van der Waals surface area contributed by atoms with Crippen molar-refractivity contribution in [2.45, 2.75) is 12.1 Å². The summed E-state index contributed by atoms with van der Waals surface area (Å²) in [5, 5.41) is 0.275. The lowest BCUT2D eigenvalue weighted by atomic mass is 9.86. The molecule has 0 spiro atoms. The Hall–Kier alpha value is -3.03. The fourth-order valence-electron chi connectivity index (χ4n) is 5.13. The number of rotatable bonds is 5. The summed E-state index contributed by atoms with van der Waals surface area (Å²) in [6.45, 7) is 0.346. The molecule has 164 valence electrons. The molecule has 0 N–H and O–H groups in total. The van der Waals surface area contributed by atoms with Crippen molar-refractivity contribution in [1.29, 1.82) is 0 Å². The summed E-state index contributed by atoms with van der Waals surface area (Å²) < 4.78 is 18.9. The van der Waals surface area contributed by atoms with Crippen molar-refractivity contribution in [3.8, 4) is 0 Å². The molecule has 3 aliphatic rings. The molecule has 0 bridgehead atoms. The molecule has 32 heavy (non-hydrogen) atoms. The number of benzene rings is 2. The number of carbonyl (C=O) groups excluding carboxylic acids is 3. The highest BCUT2D eigenvalue weighted by molar-refractivity contribution is 6.34. The van der Waals surface area contributed by atoms with Crippen molar-refractivity contribution in [3.63, 3.8) is 0 Å². The molecule has 2 amide bonds. The van der Waals surface area contributed by atoms with Crippen molar-refractivity contribution < 1.29 is 23.5 Å². The summed E-state index contributed by atoms with van der Waals surface area (Å²) >= 11 is 6.32. The molecule has 0 saturated carbocycles. The third kappa shape index (κ3) is 2.99. The predicted molar refractivity (Wildman–Crippen MR) is 117 cm³/mol. The number of nitrogens with zero attached hydrogens (tertiary/aromatic N) is 2. The van der Waals surface area contributed by atoms with E-state index >= 15 is 0 Å². The van der Waals surface area contributed by atoms with Gasteiger partial charge in [-0.1, -0.05) is 35.9 Å². The van der Waals surface area contributed by atoms with Gasteiger partial charge in [0.25, 0.3) is 0 Å². The van der Waals surface area contributed by atoms with E-state index in [4.69, 9.17) is 16.3 Å². The molecule has 8 heteroatoms. The molecular weight excluding hydrogens is 435 g/mol. The molecule has 2 saturated heterocycles. The van der Waals surface area contributed by atoms with Crippen LogP contribution in [0.2, 0.25) is 5.02 Å². The molecule has 2 fully saturated rings. The first kappa shape index (κ1) is 20.8. The third-order valence-corrected chi connectivity index (χ3v) is 6.82. The summed E-state index contributed by atoms with van der Waals surface area (Å²) in [5.41, 5.74) is 1.49. The van der Waals surface area contributed by atoms with Crippen LogP contribution in [-0.4, -0.2) is 54.8 Å². The number of hydrogen-bond acceptors (Lipinski definition) is 5. The van der Waals surface area contributed by atoms with Crippen molar-refractivity contribution >= 4 is 41.0 Å². The Morgan fingerprint density at radius 3 is 2.62 bits per heavy atom. The minimum Gasteiger partial charge on any atom is -0.383 e. The van der Waals surface area contributed by atoms with Crippen molar-refractivity contribution in [2.24, 2.45) is 11.8 Å². The molecule has 0 aliphatic carbocycles. The van der Waals surface area contributed by atoms with Gasteiger partial charge in [0.2, 0.25) is 11.8 Å². The second-order valence-electron chi connectivity index (χ2n) is 8.12. The number of anilines is 1. The lowest BCUT2D eigenvalue weighted by Crippen LogP contribution is -2.49. The topological polar surface area (TPSA) is 66.9 Å². The molecule has 3 aliphatic heterocycles. The Labute approximate surface area is 189 Å². The standard InChI is InChI=1S/C24H20ClFN2O4/c1-32-11-10-27-23(30)19-18-8-6-13-12-14(26)7-9-17(13)28(18)21(20(19)24(27)31)22(29)15-4-2-3-5-16(15)25/h2-9,12,18-21H,10-11H2,1H3/t18-,19-,20-,21+/m1/s1. The first-order valence-corrected chi connectivity index (χ1v) is 10.7. The molecule has 0 aromatic heterocycles. The number of carbonyl (C=O) groups is 3. The Balaban J connectivity index is 1.64. The number of ether oxygens (including phenoxy) is 1. The second kappa shape index (κ2) is 7.83. The summed E-state index contributed by atoms with van der Waals surface area (Å²) in [5.74, 6) is -3.05. The van der Waals surface area contributed by atoms with Gasteiger partial charge in [-0.2, -0.15) is 0 Å². The van der Waals surface area contributed by atoms with Crippen LogP contribution in [0.1, 0.15) is 15.9 Å². The maximum absolute atomic E-state index is 13.9. The number of amides is 2. The first-order valence-electron chi connectivity index (χ1n) is 10.3. The largest absolute Gasteiger partial charge is 0.383 e. The number of hydrogen-bond donors (Lipinski definition) is 0. The molecule has 3 heterocycles. The van der Waals surface area contributed by atoms with Gasteiger partial charge in [0.15, 0.2) is 5.78 Å². The van der Waals surface area contributed by atoms with Gasteiger partial charge in [0.05, 0.1) is 36.1 Å².